The summed E-state index contributed by atoms with van der Waals surface area (Å²) in [6.45, 7) is 0. The molecule has 0 aromatic heterocycles. The molecule has 0 nitrogen and oxygen atoms in total. The van der Waals surface area contributed by atoms with Crippen molar-refractivity contribution in [2.24, 2.45) is 0 Å². The van der Waals surface area contributed by atoms with Gasteiger partial charge in [0.2, 0.25) is 0 Å². The molecule has 0 unspecified atom stereocenters. The highest BCUT2D eigenvalue weighted by atomic mass is 31.1. The average molecular weight is 435 g/mol. The van der Waals surface area contributed by atoms with Gasteiger partial charge in [0.25, 0.3) is 0 Å². The maximum Gasteiger partial charge on any atom is 0.0322 e. The minimum atomic E-state index is -3.22. The maximum atomic E-state index is 9.17. The van der Waals surface area contributed by atoms with Crippen LogP contribution < -0.4 is 21.2 Å². The second-order valence-electron chi connectivity index (χ2n) is 6.49. The van der Waals surface area contributed by atoms with E-state index in [9.17, 15) is 0 Å². The van der Waals surface area contributed by atoms with E-state index in [2.05, 4.69) is 0 Å². The van der Waals surface area contributed by atoms with Crippen LogP contribution in [0.2, 0.25) is 0 Å². The van der Waals surface area contributed by atoms with Gasteiger partial charge in [0.05, 0.1) is 0 Å². The number of benzene rings is 4. The summed E-state index contributed by atoms with van der Waals surface area (Å²) < 4.78 is 72.8. The van der Waals surface area contributed by atoms with E-state index in [0.717, 1.165) is 0 Å². The molecule has 0 aliphatic carbocycles. The molecular weight excluding hydrogens is 398 g/mol. The molecule has 4 aromatic carbocycles. The van der Waals surface area contributed by atoms with Crippen molar-refractivity contribution in [1.29, 1.82) is 0 Å². The molecule has 30 heavy (non-hydrogen) atoms. The first-order valence-corrected chi connectivity index (χ1v) is 12.4. The zero-order chi connectivity index (χ0) is 27.6. The highest BCUT2D eigenvalue weighted by molar-refractivity contribution is 7.73. The lowest BCUT2D eigenvalue weighted by Gasteiger charge is -2.21. The molecule has 0 heterocycles. The van der Waals surface area contributed by atoms with Crippen LogP contribution in [0.15, 0.2) is 121 Å². The molecule has 0 atom stereocenters. The lowest BCUT2D eigenvalue weighted by molar-refractivity contribution is 0.902. The van der Waals surface area contributed by atoms with E-state index in [4.69, 9.17) is 11.0 Å². The smallest absolute Gasteiger partial charge is 0.0322 e. The molecule has 0 spiro atoms. The van der Waals surface area contributed by atoms with Crippen molar-refractivity contribution < 1.29 is 11.0 Å². The third-order valence-corrected chi connectivity index (χ3v) is 8.38. The third-order valence-electron chi connectivity index (χ3n) is 4.46. The third kappa shape index (κ3) is 5.66. The molecule has 0 radical (unpaired) electrons. The molecule has 0 aliphatic heterocycles. The normalized spacial score (nSPS) is 17.0. The van der Waals surface area contributed by atoms with Gasteiger partial charge in [-0.05, 0) is 62.0 Å². The Kier molecular flexibility index (Phi) is 4.94. The Labute approximate surface area is 194 Å². The maximum absolute atomic E-state index is 9.17. The van der Waals surface area contributed by atoms with Crippen molar-refractivity contribution in [3.8, 4) is 0 Å². The first kappa shape index (κ1) is 13.2. The van der Waals surface area contributed by atoms with Gasteiger partial charge in [-0.25, -0.2) is 0 Å². The standard InChI is InChI=1S/C28H28P2/c1-5-15-25(16-6-1)29(26-17-7-2-8-18-26)23-13-14-24-30(27-19-9-3-10-20-27)28-21-11-4-12-22-28/h1-12,15-22H,13-14,23-24H2/i13D2,14D2,23D2,24D2. The lowest BCUT2D eigenvalue weighted by atomic mass is 10.4. The van der Waals surface area contributed by atoms with Crippen LogP contribution in [-0.2, 0) is 0 Å². The molecule has 0 bridgehead atoms. The first-order chi connectivity index (χ1) is 17.9. The van der Waals surface area contributed by atoms with Gasteiger partial charge in [0.15, 0.2) is 0 Å². The number of hydrogen-bond donors (Lipinski definition) is 0. The van der Waals surface area contributed by atoms with Crippen molar-refractivity contribution in [2.45, 2.75) is 12.7 Å². The molecule has 2 heteroatoms. The van der Waals surface area contributed by atoms with Crippen LogP contribution in [0.4, 0.5) is 0 Å². The molecule has 0 fully saturated rings. The molecule has 4 aromatic rings. The van der Waals surface area contributed by atoms with Gasteiger partial charge in [0, 0.05) is 11.0 Å². The summed E-state index contributed by atoms with van der Waals surface area (Å²) in [5, 5.41) is 2.19. The Bertz CT molecular complexity index is 1130. The van der Waals surface area contributed by atoms with Gasteiger partial charge in [-0.2, -0.15) is 0 Å². The zero-order valence-corrected chi connectivity index (χ0v) is 18.2. The van der Waals surface area contributed by atoms with Gasteiger partial charge in [-0.1, -0.05) is 121 Å². The minimum Gasteiger partial charge on any atom is -0.0622 e. The van der Waals surface area contributed by atoms with Crippen molar-refractivity contribution in [3.05, 3.63) is 121 Å². The SMILES string of the molecule is [2H]C([2H])(P(c1ccccc1)c1ccccc1)C([2H])([2H])C([2H])([2H])C([2H])([2H])P(c1ccccc1)c1ccccc1. The highest BCUT2D eigenvalue weighted by Crippen LogP contribution is 2.38. The van der Waals surface area contributed by atoms with Gasteiger partial charge in [0.1, 0.15) is 0 Å². The Balaban J connectivity index is 1.87. The Morgan fingerprint density at radius 3 is 0.867 bits per heavy atom. The van der Waals surface area contributed by atoms with Crippen molar-refractivity contribution in [2.75, 3.05) is 12.2 Å². The fraction of sp³-hybridized carbons (Fsp3) is 0.143. The van der Waals surface area contributed by atoms with Gasteiger partial charge in [-0.3, -0.25) is 0 Å². The van der Waals surface area contributed by atoms with E-state index in [1.165, 1.54) is 0 Å². The molecule has 0 aliphatic rings. The van der Waals surface area contributed by atoms with E-state index in [1.54, 1.807) is 121 Å². The van der Waals surface area contributed by atoms with Crippen molar-refractivity contribution >= 4 is 37.1 Å². The summed E-state index contributed by atoms with van der Waals surface area (Å²) in [7, 11) is -4.13. The summed E-state index contributed by atoms with van der Waals surface area (Å²) >= 11 is 0. The topological polar surface area (TPSA) is 0 Å². The summed E-state index contributed by atoms with van der Waals surface area (Å²) in [5.74, 6) is 0. The van der Waals surface area contributed by atoms with Crippen molar-refractivity contribution in [1.82, 2.24) is 0 Å². The first-order valence-electron chi connectivity index (χ1n) is 13.7. The van der Waals surface area contributed by atoms with Crippen molar-refractivity contribution in [3.63, 3.8) is 0 Å². The van der Waals surface area contributed by atoms with Crippen LogP contribution in [0.25, 0.3) is 0 Å². The van der Waals surface area contributed by atoms with Gasteiger partial charge in [-0.15, -0.1) is 0 Å². The van der Waals surface area contributed by atoms with Crippen LogP contribution in [0.5, 0.6) is 0 Å². The van der Waals surface area contributed by atoms with Gasteiger partial charge < -0.3 is 0 Å². The summed E-state index contributed by atoms with van der Waals surface area (Å²) in [5.41, 5.74) is 0. The summed E-state index contributed by atoms with van der Waals surface area (Å²) in [6, 6.07) is 34.9. The molecule has 0 saturated heterocycles. The fourth-order valence-electron chi connectivity index (χ4n) is 3.03. The van der Waals surface area contributed by atoms with E-state index in [0.29, 0.717) is 21.2 Å². The second-order valence-corrected chi connectivity index (χ2v) is 10.3. The molecule has 0 saturated carbocycles. The molecular formula is C28H28P2. The predicted molar refractivity (Wildman–Crippen MR) is 137 cm³/mol. The molecule has 0 N–H and O–H groups in total. The highest BCUT2D eigenvalue weighted by Gasteiger charge is 2.15. The Hall–Kier alpha value is -2.26. The lowest BCUT2D eigenvalue weighted by Crippen LogP contribution is -2.15. The van der Waals surface area contributed by atoms with Crippen LogP contribution in [0, 0.1) is 0 Å². The van der Waals surface area contributed by atoms with Crippen LogP contribution in [-0.4, -0.2) is 12.2 Å². The van der Waals surface area contributed by atoms with Crippen LogP contribution >= 0.6 is 15.8 Å². The summed E-state index contributed by atoms with van der Waals surface area (Å²) in [4.78, 5) is 0. The minimum absolute atomic E-state index is 0.548. The van der Waals surface area contributed by atoms with E-state index >= 15 is 0 Å². The molecule has 0 amide bonds. The average Bonchev–Trinajstić information content (AvgIpc) is 2.91. The largest absolute Gasteiger partial charge is 0.0622 e. The summed E-state index contributed by atoms with van der Waals surface area (Å²) in [6.07, 6.45) is -12.0. The zero-order valence-electron chi connectivity index (χ0n) is 24.4. The van der Waals surface area contributed by atoms with E-state index < -0.39 is 40.8 Å². The van der Waals surface area contributed by atoms with Crippen LogP contribution in [0.3, 0.4) is 0 Å². The van der Waals surface area contributed by atoms with E-state index in [1.807, 2.05) is 0 Å². The predicted octanol–water partition coefficient (Wildman–Crippen LogP) is 6.03. The number of rotatable bonds is 9. The number of hydrogen-bond acceptors (Lipinski definition) is 0. The Morgan fingerprint density at radius 2 is 0.633 bits per heavy atom. The monoisotopic (exact) mass is 434 g/mol. The molecule has 4 rings (SSSR count). The molecule has 150 valence electrons. The quantitative estimate of drug-likeness (QED) is 0.282. The Morgan fingerprint density at radius 1 is 0.400 bits per heavy atom. The van der Waals surface area contributed by atoms with Crippen LogP contribution in [0.1, 0.15) is 23.7 Å². The second kappa shape index (κ2) is 11.2. The van der Waals surface area contributed by atoms with Gasteiger partial charge >= 0.3 is 0 Å². The fourth-order valence-corrected chi connectivity index (χ4v) is 6.36. The van der Waals surface area contributed by atoms with E-state index in [-0.39, 0.29) is 0 Å².